The molecule has 0 aromatic carbocycles. The van der Waals surface area contributed by atoms with Gasteiger partial charge in [0.05, 0.1) is 0 Å². The van der Waals surface area contributed by atoms with Gasteiger partial charge in [0, 0.05) is 0 Å². The van der Waals surface area contributed by atoms with Crippen molar-refractivity contribution in [1.82, 2.24) is 0 Å². The van der Waals surface area contributed by atoms with Crippen LogP contribution in [0.25, 0.3) is 0 Å². The van der Waals surface area contributed by atoms with Crippen molar-refractivity contribution in [3.05, 3.63) is 22.3 Å². The third kappa shape index (κ3) is 4.25. The Morgan fingerprint density at radius 1 is 1.10 bits per heavy atom. The Morgan fingerprint density at radius 3 is 1.80 bits per heavy atom. The molecule has 1 unspecified atom stereocenters. The van der Waals surface area contributed by atoms with Crippen LogP contribution in [0.5, 0.6) is 0 Å². The molecular formula is C15H27Cl2HfNSi. The predicted molar refractivity (Wildman–Crippen MR) is 81.0 cm³/mol. The van der Waals surface area contributed by atoms with Crippen LogP contribution >= 0.6 is 0 Å². The fraction of sp³-hybridized carbons (Fsp3) is 0.667. The van der Waals surface area contributed by atoms with Gasteiger partial charge in [-0.25, -0.2) is 0 Å². The Morgan fingerprint density at radius 2 is 1.55 bits per heavy atom. The monoisotopic (exact) mass is 499 g/mol. The predicted octanol–water partition coefficient (Wildman–Crippen LogP) is -2.04. The Bertz CT molecular complexity index is 460. The van der Waals surface area contributed by atoms with Crippen molar-refractivity contribution >= 4 is 13.6 Å². The van der Waals surface area contributed by atoms with Crippen molar-refractivity contribution in [2.75, 3.05) is 0 Å². The van der Waals surface area contributed by atoms with E-state index in [1.165, 1.54) is 11.1 Å². The molecule has 0 spiro atoms. The molecule has 2 N–H and O–H groups in total. The van der Waals surface area contributed by atoms with Crippen molar-refractivity contribution in [2.24, 2.45) is 9.64 Å². The van der Waals surface area contributed by atoms with E-state index in [1.807, 2.05) is 0 Å². The minimum absolute atomic E-state index is 0. The van der Waals surface area contributed by atoms with Gasteiger partial charge in [0.15, 0.2) is 0 Å². The van der Waals surface area contributed by atoms with Crippen molar-refractivity contribution < 1.29 is 48.0 Å². The topological polar surface area (TPSA) is 26.0 Å². The second-order valence-electron chi connectivity index (χ2n) is 6.21. The molecule has 0 aliphatic heterocycles. The van der Waals surface area contributed by atoms with Gasteiger partial charge in [-0.2, -0.15) is 0 Å². The van der Waals surface area contributed by atoms with Gasteiger partial charge < -0.3 is 24.8 Å². The van der Waals surface area contributed by atoms with Crippen molar-refractivity contribution in [1.29, 1.82) is 0 Å². The molecule has 1 aliphatic rings. The van der Waals surface area contributed by atoms with Crippen molar-refractivity contribution in [3.63, 3.8) is 0 Å². The van der Waals surface area contributed by atoms with E-state index >= 15 is 0 Å². The molecule has 0 radical (unpaired) electrons. The largest absolute Gasteiger partial charge is 1.00 e. The average molecular weight is 499 g/mol. The molecule has 0 aromatic heterocycles. The molecule has 1 aliphatic carbocycles. The summed E-state index contributed by atoms with van der Waals surface area (Å²) in [5, 5.41) is 1.74. The van der Waals surface area contributed by atoms with Gasteiger partial charge in [-0.05, 0) is 0 Å². The van der Waals surface area contributed by atoms with E-state index in [9.17, 15) is 0 Å². The number of hydrogen-bond acceptors (Lipinski definition) is 1. The molecule has 0 amide bonds. The summed E-state index contributed by atoms with van der Waals surface area (Å²) in [6.45, 7) is 18.9. The molecule has 1 nitrogen and oxygen atoms in total. The van der Waals surface area contributed by atoms with Crippen LogP contribution in [-0.2, 0) is 23.2 Å². The van der Waals surface area contributed by atoms with Crippen LogP contribution in [0, 0.1) is 5.92 Å². The maximum atomic E-state index is 6.23. The Balaban J connectivity index is 0. The molecule has 5 heteroatoms. The van der Waals surface area contributed by atoms with Crippen LogP contribution in [-0.4, -0.2) is 13.6 Å². The number of nitrogens with two attached hydrogens (primary N) is 1. The van der Waals surface area contributed by atoms with Crippen LogP contribution in [0.15, 0.2) is 22.3 Å². The normalized spacial score (nSPS) is 18.4. The molecule has 1 rings (SSSR count). The summed E-state index contributed by atoms with van der Waals surface area (Å²) in [5.74, 6) is 0.606. The molecule has 0 aromatic rings. The quantitative estimate of drug-likeness (QED) is 0.446. The smallest absolute Gasteiger partial charge is 1.00 e. The fourth-order valence-electron chi connectivity index (χ4n) is 3.07. The number of halogens is 2. The first-order valence-corrected chi connectivity index (χ1v) is 13.1. The molecule has 0 saturated carbocycles. The zero-order valence-electron chi connectivity index (χ0n) is 13.9. The minimum Gasteiger partial charge on any atom is -1.00 e. The third-order valence-electron chi connectivity index (χ3n) is 4.40. The van der Waals surface area contributed by atoms with Crippen LogP contribution in [0.2, 0.25) is 16.3 Å². The van der Waals surface area contributed by atoms with Gasteiger partial charge >= 0.3 is 127 Å². The summed E-state index contributed by atoms with van der Waals surface area (Å²) in [7, 11) is -0.436. The van der Waals surface area contributed by atoms with Gasteiger partial charge in [-0.3, -0.25) is 0 Å². The first-order valence-electron chi connectivity index (χ1n) is 6.69. The van der Waals surface area contributed by atoms with Crippen LogP contribution in [0.3, 0.4) is 0 Å². The summed E-state index contributed by atoms with van der Waals surface area (Å²) in [6, 6.07) is 0. The Kier molecular flexibility index (Phi) is 9.96. The first-order chi connectivity index (χ1) is 8.15. The number of hydrogen-bond donors (Lipinski definition) is 1. The van der Waals surface area contributed by atoms with E-state index in [4.69, 9.17) is 3.72 Å². The summed E-state index contributed by atoms with van der Waals surface area (Å²) in [6.07, 6.45) is 0. The van der Waals surface area contributed by atoms with Gasteiger partial charge in [-0.15, -0.1) is 0 Å². The van der Waals surface area contributed by atoms with Gasteiger partial charge in [0.25, 0.3) is 0 Å². The molecule has 0 fully saturated rings. The molecule has 0 saturated heterocycles. The summed E-state index contributed by atoms with van der Waals surface area (Å²) in [5.41, 5.74) is 6.25. The molecular weight excluding hydrogens is 472 g/mol. The molecule has 0 heterocycles. The number of rotatable bonds is 3. The molecule has 20 heavy (non-hydrogen) atoms. The average Bonchev–Trinajstić information content (AvgIpc) is 2.46. The summed E-state index contributed by atoms with van der Waals surface area (Å²) < 4.78 is 6.55. The Hall–Kier alpha value is 0.977. The first kappa shape index (κ1) is 23.2. The maximum absolute atomic E-state index is 6.23. The van der Waals surface area contributed by atoms with Gasteiger partial charge in [-0.1, -0.05) is 0 Å². The van der Waals surface area contributed by atoms with Crippen LogP contribution in [0.4, 0.5) is 0 Å². The van der Waals surface area contributed by atoms with E-state index in [0.717, 1.165) is 0 Å². The summed E-state index contributed by atoms with van der Waals surface area (Å²) in [4.78, 5) is 0. The standard InChI is InChI=1S/C15H25Si.2ClH.Hf.H2N/c1-9(2)15(16(7)8)14-12(5)10(3)11(4)13(14)6;;;;/h12H,1-8H3;2*1H;;1H2/q;;;+3;-1/p-2. The Labute approximate surface area is 150 Å². The second-order valence-corrected chi connectivity index (χ2v) is 14.2. The minimum atomic E-state index is -1.03. The second kappa shape index (κ2) is 8.57. The SMILES string of the molecule is CC1=C(C)C(C)C(C(=[Si](C)C)[C](C)(C)[Hf+2][NH2])=C1C.[Cl-].[Cl-]. The molecule has 0 bridgehead atoms. The van der Waals surface area contributed by atoms with Crippen molar-refractivity contribution in [3.8, 4) is 0 Å². The third-order valence-corrected chi connectivity index (χ3v) is 10.7. The van der Waals surface area contributed by atoms with Gasteiger partial charge in [0.2, 0.25) is 0 Å². The number of allylic oxidation sites excluding steroid dienone is 4. The maximum Gasteiger partial charge on any atom is -1.00 e. The molecule has 1 atom stereocenters. The zero-order chi connectivity index (χ0) is 14.2. The van der Waals surface area contributed by atoms with Gasteiger partial charge in [0.1, 0.15) is 0 Å². The van der Waals surface area contributed by atoms with E-state index < -0.39 is 31.6 Å². The summed E-state index contributed by atoms with van der Waals surface area (Å²) >= 11 is -1.03. The molecule has 114 valence electrons. The van der Waals surface area contributed by atoms with E-state index in [0.29, 0.717) is 9.09 Å². The van der Waals surface area contributed by atoms with E-state index in [2.05, 4.69) is 54.6 Å². The van der Waals surface area contributed by atoms with E-state index in [-0.39, 0.29) is 24.8 Å². The van der Waals surface area contributed by atoms with E-state index in [1.54, 1.807) is 16.3 Å². The van der Waals surface area contributed by atoms with Crippen molar-refractivity contribution in [2.45, 2.75) is 57.8 Å². The van der Waals surface area contributed by atoms with Crippen LogP contribution in [0.1, 0.15) is 41.5 Å². The van der Waals surface area contributed by atoms with Crippen LogP contribution < -0.4 is 28.5 Å². The zero-order valence-corrected chi connectivity index (χ0v) is 20.0. The fourth-order valence-corrected chi connectivity index (χ4v) is 9.55.